The molecule has 0 radical (unpaired) electrons. The zero-order valence-electron chi connectivity index (χ0n) is 16.4. The molecule has 0 aliphatic carbocycles. The second-order valence-electron chi connectivity index (χ2n) is 6.92. The highest BCUT2D eigenvalue weighted by atomic mass is 19.1. The van der Waals surface area contributed by atoms with Gasteiger partial charge in [-0.25, -0.2) is 4.39 Å². The maximum absolute atomic E-state index is 13.0. The van der Waals surface area contributed by atoms with E-state index in [2.05, 4.69) is 5.10 Å². The number of hydrogen-bond acceptors (Lipinski definition) is 4. The number of carbonyl (C=O) groups is 1. The average Bonchev–Trinajstić information content (AvgIpc) is 2.96. The number of nitrogens with zero attached hydrogens (tertiary/aromatic N) is 4. The normalized spacial score (nSPS) is 10.8. The van der Waals surface area contributed by atoms with Gasteiger partial charge >= 0.3 is 5.69 Å². The Morgan fingerprint density at radius 2 is 1.69 bits per heavy atom. The number of carbonyl (C=O) groups excluding carboxylic acids is 1. The van der Waals surface area contributed by atoms with Gasteiger partial charge in [-0.3, -0.25) is 19.6 Å². The fraction of sp³-hybridized carbons (Fsp3) is 0.238. The molecule has 0 spiro atoms. The number of benzene rings is 2. The van der Waals surface area contributed by atoms with Crippen LogP contribution in [0.25, 0.3) is 0 Å². The van der Waals surface area contributed by atoms with Crippen molar-refractivity contribution in [3.8, 4) is 0 Å². The highest BCUT2D eigenvalue weighted by Gasteiger charge is 2.21. The summed E-state index contributed by atoms with van der Waals surface area (Å²) in [5.74, 6) is -0.464. The van der Waals surface area contributed by atoms with Gasteiger partial charge in [-0.05, 0) is 49.2 Å². The Balaban J connectivity index is 1.69. The summed E-state index contributed by atoms with van der Waals surface area (Å²) in [7, 11) is 1.69. The minimum Gasteiger partial charge on any atom is -0.337 e. The monoisotopic (exact) mass is 396 g/mol. The average molecular weight is 396 g/mol. The molecule has 2 aromatic carbocycles. The van der Waals surface area contributed by atoms with Gasteiger partial charge < -0.3 is 4.90 Å². The molecule has 0 N–H and O–H groups in total. The summed E-state index contributed by atoms with van der Waals surface area (Å²) in [4.78, 5) is 24.9. The van der Waals surface area contributed by atoms with E-state index in [9.17, 15) is 19.3 Å². The van der Waals surface area contributed by atoms with Crippen LogP contribution >= 0.6 is 0 Å². The third kappa shape index (κ3) is 4.48. The van der Waals surface area contributed by atoms with Crippen LogP contribution in [0.2, 0.25) is 0 Å². The Labute approximate surface area is 167 Å². The van der Waals surface area contributed by atoms with Crippen molar-refractivity contribution in [2.24, 2.45) is 0 Å². The van der Waals surface area contributed by atoms with Crippen LogP contribution in [0.4, 0.5) is 10.1 Å². The van der Waals surface area contributed by atoms with Crippen molar-refractivity contribution >= 4 is 11.6 Å². The molecule has 1 aromatic heterocycles. The summed E-state index contributed by atoms with van der Waals surface area (Å²) in [5, 5.41) is 15.4. The summed E-state index contributed by atoms with van der Waals surface area (Å²) in [6.07, 6.45) is 0. The minimum absolute atomic E-state index is 0.0271. The molecular formula is C21H21FN4O3. The van der Waals surface area contributed by atoms with Crippen LogP contribution in [0.1, 0.15) is 32.9 Å². The molecule has 0 atom stereocenters. The molecule has 0 unspecified atom stereocenters. The highest BCUT2D eigenvalue weighted by Crippen LogP contribution is 2.22. The molecule has 150 valence electrons. The maximum atomic E-state index is 13.0. The van der Waals surface area contributed by atoms with Crippen molar-refractivity contribution in [1.29, 1.82) is 0 Å². The fourth-order valence-corrected chi connectivity index (χ4v) is 3.19. The van der Waals surface area contributed by atoms with Gasteiger partial charge in [-0.1, -0.05) is 24.3 Å². The smallest absolute Gasteiger partial charge is 0.312 e. The second kappa shape index (κ2) is 8.22. The van der Waals surface area contributed by atoms with E-state index in [1.54, 1.807) is 66.9 Å². The van der Waals surface area contributed by atoms with Gasteiger partial charge in [0.15, 0.2) is 0 Å². The third-order valence-corrected chi connectivity index (χ3v) is 4.74. The van der Waals surface area contributed by atoms with E-state index in [4.69, 9.17) is 0 Å². The van der Waals surface area contributed by atoms with Crippen molar-refractivity contribution in [1.82, 2.24) is 14.7 Å². The molecular weight excluding hydrogens is 375 g/mol. The molecule has 3 aromatic rings. The molecule has 29 heavy (non-hydrogen) atoms. The summed E-state index contributed by atoms with van der Waals surface area (Å²) in [6, 6.07) is 13.1. The summed E-state index contributed by atoms with van der Waals surface area (Å²) < 4.78 is 14.6. The molecule has 0 aliphatic heterocycles. The standard InChI is InChI=1S/C21H21FN4O3/c1-14-20(26(28)29)15(2)25(23-14)13-17-4-8-18(9-5-17)21(27)24(3)12-16-6-10-19(22)11-7-16/h4-11H,12-13H2,1-3H3. The maximum Gasteiger partial charge on any atom is 0.312 e. The molecule has 0 saturated heterocycles. The Hall–Kier alpha value is -3.55. The molecule has 0 saturated carbocycles. The lowest BCUT2D eigenvalue weighted by atomic mass is 10.1. The van der Waals surface area contributed by atoms with Gasteiger partial charge in [0.25, 0.3) is 5.91 Å². The Kier molecular flexibility index (Phi) is 5.72. The highest BCUT2D eigenvalue weighted by molar-refractivity contribution is 5.94. The predicted octanol–water partition coefficient (Wildman–Crippen LogP) is 3.87. The third-order valence-electron chi connectivity index (χ3n) is 4.74. The molecule has 0 bridgehead atoms. The van der Waals surface area contributed by atoms with Crippen LogP contribution in [-0.2, 0) is 13.1 Å². The van der Waals surface area contributed by atoms with Crippen LogP contribution in [0.5, 0.6) is 0 Å². The SMILES string of the molecule is Cc1nn(Cc2ccc(C(=O)N(C)Cc3ccc(F)cc3)cc2)c(C)c1[N+](=O)[O-]. The van der Waals surface area contributed by atoms with Gasteiger partial charge in [0.2, 0.25) is 0 Å². The van der Waals surface area contributed by atoms with Crippen molar-refractivity contribution in [2.75, 3.05) is 7.05 Å². The predicted molar refractivity (Wildman–Crippen MR) is 106 cm³/mol. The second-order valence-corrected chi connectivity index (χ2v) is 6.92. The Morgan fingerprint density at radius 3 is 2.24 bits per heavy atom. The van der Waals surface area contributed by atoms with Gasteiger partial charge in [-0.2, -0.15) is 5.10 Å². The van der Waals surface area contributed by atoms with E-state index in [-0.39, 0.29) is 17.4 Å². The number of hydrogen-bond donors (Lipinski definition) is 0. The molecule has 0 fully saturated rings. The quantitative estimate of drug-likeness (QED) is 0.468. The topological polar surface area (TPSA) is 81.3 Å². The molecule has 7 nitrogen and oxygen atoms in total. The largest absolute Gasteiger partial charge is 0.337 e. The van der Waals surface area contributed by atoms with E-state index in [0.717, 1.165) is 11.1 Å². The lowest BCUT2D eigenvalue weighted by Gasteiger charge is -2.17. The summed E-state index contributed by atoms with van der Waals surface area (Å²) >= 11 is 0. The minimum atomic E-state index is -0.424. The first kappa shape index (κ1) is 20.2. The Morgan fingerprint density at radius 1 is 1.10 bits per heavy atom. The number of nitro groups is 1. The number of rotatable bonds is 6. The van der Waals surface area contributed by atoms with Crippen LogP contribution < -0.4 is 0 Å². The van der Waals surface area contributed by atoms with Gasteiger partial charge in [0.1, 0.15) is 17.2 Å². The van der Waals surface area contributed by atoms with E-state index >= 15 is 0 Å². The van der Waals surface area contributed by atoms with Gasteiger partial charge in [0.05, 0.1) is 11.5 Å². The summed E-state index contributed by atoms with van der Waals surface area (Å²) in [6.45, 7) is 4.03. The first-order valence-electron chi connectivity index (χ1n) is 9.03. The molecule has 0 aliphatic rings. The van der Waals surface area contributed by atoms with E-state index in [1.165, 1.54) is 12.1 Å². The van der Waals surface area contributed by atoms with Crippen LogP contribution in [0.15, 0.2) is 48.5 Å². The molecule has 3 rings (SSSR count). The number of aryl methyl sites for hydroxylation is 1. The fourth-order valence-electron chi connectivity index (χ4n) is 3.19. The van der Waals surface area contributed by atoms with Crippen molar-refractivity contribution in [3.05, 3.63) is 92.5 Å². The van der Waals surface area contributed by atoms with Crippen molar-refractivity contribution < 1.29 is 14.1 Å². The lowest BCUT2D eigenvalue weighted by molar-refractivity contribution is -0.386. The van der Waals surface area contributed by atoms with E-state index in [1.807, 2.05) is 0 Å². The van der Waals surface area contributed by atoms with Crippen molar-refractivity contribution in [2.45, 2.75) is 26.9 Å². The van der Waals surface area contributed by atoms with E-state index in [0.29, 0.717) is 30.0 Å². The van der Waals surface area contributed by atoms with Crippen LogP contribution in [0.3, 0.4) is 0 Å². The summed E-state index contributed by atoms with van der Waals surface area (Å²) in [5.41, 5.74) is 3.14. The number of halogens is 1. The Bertz CT molecular complexity index is 1040. The van der Waals surface area contributed by atoms with E-state index < -0.39 is 4.92 Å². The molecule has 1 heterocycles. The first-order chi connectivity index (χ1) is 13.8. The zero-order chi connectivity index (χ0) is 21.1. The molecule has 1 amide bonds. The van der Waals surface area contributed by atoms with Gasteiger partial charge in [0, 0.05) is 19.2 Å². The number of aromatic nitrogens is 2. The first-order valence-corrected chi connectivity index (χ1v) is 9.03. The van der Waals surface area contributed by atoms with Crippen LogP contribution in [-0.4, -0.2) is 32.6 Å². The van der Waals surface area contributed by atoms with Crippen molar-refractivity contribution in [3.63, 3.8) is 0 Å². The van der Waals surface area contributed by atoms with Gasteiger partial charge in [-0.15, -0.1) is 0 Å². The molecule has 8 heteroatoms. The lowest BCUT2D eigenvalue weighted by Crippen LogP contribution is -2.26. The zero-order valence-corrected chi connectivity index (χ0v) is 16.4. The number of amides is 1. The van der Waals surface area contributed by atoms with Crippen LogP contribution in [0, 0.1) is 29.8 Å².